The number of hydrogen-bond donors (Lipinski definition) is 1. The highest BCUT2D eigenvalue weighted by molar-refractivity contribution is 7.92. The van der Waals surface area contributed by atoms with E-state index in [1.165, 1.54) is 24.6 Å². The van der Waals surface area contributed by atoms with E-state index in [2.05, 4.69) is 15.0 Å². The number of unbranched alkanes of at least 4 members (excludes halogenated alkanes) is 1. The van der Waals surface area contributed by atoms with Gasteiger partial charge in [-0.2, -0.15) is 4.36 Å². The second kappa shape index (κ2) is 7.42. The lowest BCUT2D eigenvalue weighted by atomic mass is 10.2. The monoisotopic (exact) mass is 342 g/mol. The van der Waals surface area contributed by atoms with Gasteiger partial charge >= 0.3 is 0 Å². The first-order valence-corrected chi connectivity index (χ1v) is 10.4. The van der Waals surface area contributed by atoms with Gasteiger partial charge in [-0.15, -0.1) is 12.3 Å². The summed E-state index contributed by atoms with van der Waals surface area (Å²) in [6.07, 6.45) is 8.42. The molecule has 0 saturated heterocycles. The third kappa shape index (κ3) is 6.28. The fourth-order valence-electron chi connectivity index (χ4n) is 1.59. The summed E-state index contributed by atoms with van der Waals surface area (Å²) in [7, 11) is -6.24. The minimum atomic E-state index is -3.62. The molecule has 1 N–H and O–H groups in total. The number of anilines is 1. The molecule has 6 nitrogen and oxygen atoms in total. The van der Waals surface area contributed by atoms with Crippen LogP contribution in [-0.4, -0.2) is 36.8 Å². The molecule has 0 aliphatic carbocycles. The van der Waals surface area contributed by atoms with Crippen molar-refractivity contribution < 1.29 is 17.4 Å². The van der Waals surface area contributed by atoms with Crippen LogP contribution in [0, 0.1) is 12.3 Å². The van der Waals surface area contributed by atoms with Gasteiger partial charge in [0.2, 0.25) is 10.0 Å². The minimum absolute atomic E-state index is 0.0550. The molecule has 0 saturated carbocycles. The van der Waals surface area contributed by atoms with Gasteiger partial charge in [-0.1, -0.05) is 12.1 Å². The number of benzene rings is 1. The maximum absolute atomic E-state index is 12.0. The molecule has 0 atom stereocenters. The maximum Gasteiger partial charge on any atom is 0.287 e. The first-order valence-electron chi connectivity index (χ1n) is 6.39. The quantitative estimate of drug-likeness (QED) is 0.629. The lowest BCUT2D eigenvalue weighted by Gasteiger charge is -2.10. The molecule has 0 unspecified atom stereocenters. The van der Waals surface area contributed by atoms with E-state index < -0.39 is 25.7 Å². The molecule has 1 rings (SSSR count). The fraction of sp³-hybridized carbons (Fsp3) is 0.357. The molecule has 1 aromatic carbocycles. The molecule has 22 heavy (non-hydrogen) atoms. The van der Waals surface area contributed by atoms with E-state index in [-0.39, 0.29) is 17.0 Å². The highest BCUT2D eigenvalue weighted by Gasteiger charge is 2.16. The SMILES string of the molecule is C#CCCCS(=O)(=O)Nc1ccccc1C(=O)N=S(C)(C)=O. The molecule has 0 fully saturated rings. The lowest BCUT2D eigenvalue weighted by molar-refractivity contribution is 0.101. The zero-order valence-corrected chi connectivity index (χ0v) is 14.0. The van der Waals surface area contributed by atoms with Crippen LogP contribution in [0.5, 0.6) is 0 Å². The van der Waals surface area contributed by atoms with Crippen molar-refractivity contribution in [3.8, 4) is 12.3 Å². The fourth-order valence-corrected chi connectivity index (χ4v) is 3.23. The normalized spacial score (nSPS) is 11.5. The van der Waals surface area contributed by atoms with Gasteiger partial charge < -0.3 is 0 Å². The van der Waals surface area contributed by atoms with Gasteiger partial charge in [-0.3, -0.25) is 9.52 Å². The van der Waals surface area contributed by atoms with Crippen molar-refractivity contribution in [1.82, 2.24) is 0 Å². The Balaban J connectivity index is 3.06. The van der Waals surface area contributed by atoms with E-state index in [0.29, 0.717) is 12.8 Å². The third-order valence-corrected chi connectivity index (χ3v) is 4.42. The topological polar surface area (TPSA) is 92.7 Å². The molecule has 8 heteroatoms. The molecule has 0 aliphatic rings. The number of hydrogen-bond acceptors (Lipinski definition) is 4. The Morgan fingerprint density at radius 2 is 1.91 bits per heavy atom. The van der Waals surface area contributed by atoms with E-state index in [1.54, 1.807) is 12.1 Å². The Morgan fingerprint density at radius 1 is 1.27 bits per heavy atom. The predicted octanol–water partition coefficient (Wildman–Crippen LogP) is 1.71. The van der Waals surface area contributed by atoms with Gasteiger partial charge in [0.1, 0.15) is 0 Å². The van der Waals surface area contributed by atoms with Crippen molar-refractivity contribution in [3.63, 3.8) is 0 Å². The average molecular weight is 342 g/mol. The predicted molar refractivity (Wildman–Crippen MR) is 88.7 cm³/mol. The van der Waals surface area contributed by atoms with Crippen LogP contribution in [0.3, 0.4) is 0 Å². The van der Waals surface area contributed by atoms with Gasteiger partial charge in [-0.05, 0) is 18.6 Å². The molecule has 0 radical (unpaired) electrons. The van der Waals surface area contributed by atoms with Crippen LogP contribution in [0.4, 0.5) is 5.69 Å². The van der Waals surface area contributed by atoms with Crippen molar-refractivity contribution >= 4 is 31.3 Å². The molecular weight excluding hydrogens is 324 g/mol. The van der Waals surface area contributed by atoms with E-state index in [9.17, 15) is 17.4 Å². The van der Waals surface area contributed by atoms with Crippen LogP contribution >= 0.6 is 0 Å². The number of carbonyl (C=O) groups excluding carboxylic acids is 1. The Labute approximate surface area is 131 Å². The van der Waals surface area contributed by atoms with Crippen molar-refractivity contribution in [2.24, 2.45) is 4.36 Å². The molecule has 0 aromatic heterocycles. The molecule has 0 bridgehead atoms. The summed E-state index contributed by atoms with van der Waals surface area (Å²) < 4.78 is 41.4. The van der Waals surface area contributed by atoms with Crippen LogP contribution in [0.25, 0.3) is 0 Å². The largest absolute Gasteiger partial charge is 0.287 e. The molecular formula is C14H18N2O4S2. The second-order valence-corrected chi connectivity index (χ2v) is 9.24. The zero-order valence-electron chi connectivity index (χ0n) is 12.4. The summed E-state index contributed by atoms with van der Waals surface area (Å²) in [4.78, 5) is 12.0. The van der Waals surface area contributed by atoms with Crippen molar-refractivity contribution in [1.29, 1.82) is 0 Å². The summed E-state index contributed by atoms with van der Waals surface area (Å²) >= 11 is 0. The van der Waals surface area contributed by atoms with E-state index in [1.807, 2.05) is 0 Å². The van der Waals surface area contributed by atoms with Crippen molar-refractivity contribution in [3.05, 3.63) is 29.8 Å². The van der Waals surface area contributed by atoms with Crippen LogP contribution in [0.2, 0.25) is 0 Å². The van der Waals surface area contributed by atoms with Gasteiger partial charge in [0.25, 0.3) is 5.91 Å². The summed E-state index contributed by atoms with van der Waals surface area (Å²) in [5.74, 6) is 1.50. The van der Waals surface area contributed by atoms with Crippen molar-refractivity contribution in [2.75, 3.05) is 23.0 Å². The number of terminal acetylenes is 1. The van der Waals surface area contributed by atoms with Gasteiger partial charge in [0.05, 0.1) is 17.0 Å². The van der Waals surface area contributed by atoms with Gasteiger partial charge in [0, 0.05) is 28.7 Å². The number of nitrogens with one attached hydrogen (secondary N) is 1. The molecule has 0 spiro atoms. The summed E-state index contributed by atoms with van der Waals surface area (Å²) in [5, 5.41) is 0. The standard InChI is InChI=1S/C14H18N2O4S2/c1-4-5-8-11-22(19,20)15-13-10-7-6-9-12(13)14(17)16-21(2,3)18/h1,6-7,9-10,15H,5,8,11H2,2-3H3. The highest BCUT2D eigenvalue weighted by Crippen LogP contribution is 2.18. The summed E-state index contributed by atoms with van der Waals surface area (Å²) in [6, 6.07) is 6.04. The average Bonchev–Trinajstić information content (AvgIpc) is 2.36. The maximum atomic E-state index is 12.0. The highest BCUT2D eigenvalue weighted by atomic mass is 32.2. The number of rotatable bonds is 6. The summed E-state index contributed by atoms with van der Waals surface area (Å²) in [6.45, 7) is 0. The molecule has 1 aromatic rings. The van der Waals surface area contributed by atoms with Gasteiger partial charge in [0.15, 0.2) is 0 Å². The number of nitrogens with zero attached hydrogens (tertiary/aromatic N) is 1. The van der Waals surface area contributed by atoms with Crippen LogP contribution in [0.1, 0.15) is 23.2 Å². The van der Waals surface area contributed by atoms with Gasteiger partial charge in [-0.25, -0.2) is 12.6 Å². The smallest absolute Gasteiger partial charge is 0.283 e. The number of carbonyl (C=O) groups is 1. The molecule has 120 valence electrons. The first-order chi connectivity index (χ1) is 10.1. The molecule has 0 heterocycles. The zero-order chi connectivity index (χ0) is 16.8. The minimum Gasteiger partial charge on any atom is -0.283 e. The second-order valence-electron chi connectivity index (χ2n) is 4.85. The number of sulfonamides is 1. The van der Waals surface area contributed by atoms with E-state index >= 15 is 0 Å². The van der Waals surface area contributed by atoms with E-state index in [4.69, 9.17) is 6.42 Å². The lowest BCUT2D eigenvalue weighted by Crippen LogP contribution is -2.18. The summed E-state index contributed by atoms with van der Waals surface area (Å²) in [5.41, 5.74) is 0.167. The Hall–Kier alpha value is -1.85. The molecule has 0 aliphatic heterocycles. The third-order valence-electron chi connectivity index (χ3n) is 2.46. The Kier molecular flexibility index (Phi) is 6.14. The van der Waals surface area contributed by atoms with Crippen LogP contribution in [-0.2, 0) is 19.8 Å². The van der Waals surface area contributed by atoms with E-state index in [0.717, 1.165) is 0 Å². The molecule has 1 amide bonds. The van der Waals surface area contributed by atoms with Crippen LogP contribution < -0.4 is 4.72 Å². The Morgan fingerprint density at radius 3 is 2.50 bits per heavy atom. The first kappa shape index (κ1) is 18.2. The number of amides is 1. The van der Waals surface area contributed by atoms with Crippen LogP contribution in [0.15, 0.2) is 28.6 Å². The number of para-hydroxylation sites is 1. The van der Waals surface area contributed by atoms with Crippen molar-refractivity contribution in [2.45, 2.75) is 12.8 Å². The Bertz CT molecular complexity index is 805.